The van der Waals surface area contributed by atoms with Crippen LogP contribution in [0.25, 0.3) is 0 Å². The standard InChI is InChI=1S/C16H21NO4/c1-11(2)12-4-3-5-14(8-12)21-10-15(18)17(9-16(19)20)13-6-7-13/h3-5,8,11,13H,6-7,9-10H2,1-2H3,(H,19,20). The molecule has 2 rings (SSSR count). The van der Waals surface area contributed by atoms with Crippen LogP contribution in [0.2, 0.25) is 0 Å². The first-order chi connectivity index (χ1) is 9.97. The smallest absolute Gasteiger partial charge is 0.323 e. The highest BCUT2D eigenvalue weighted by Crippen LogP contribution is 2.27. The van der Waals surface area contributed by atoms with Crippen molar-refractivity contribution < 1.29 is 19.4 Å². The predicted molar refractivity (Wildman–Crippen MR) is 78.4 cm³/mol. The molecule has 0 heterocycles. The van der Waals surface area contributed by atoms with Crippen molar-refractivity contribution in [2.75, 3.05) is 13.2 Å². The summed E-state index contributed by atoms with van der Waals surface area (Å²) >= 11 is 0. The number of amides is 1. The van der Waals surface area contributed by atoms with Crippen LogP contribution in [0.4, 0.5) is 0 Å². The summed E-state index contributed by atoms with van der Waals surface area (Å²) < 4.78 is 5.51. The quantitative estimate of drug-likeness (QED) is 0.837. The van der Waals surface area contributed by atoms with Gasteiger partial charge >= 0.3 is 5.97 Å². The summed E-state index contributed by atoms with van der Waals surface area (Å²) in [5, 5.41) is 8.86. The van der Waals surface area contributed by atoms with E-state index in [9.17, 15) is 9.59 Å². The van der Waals surface area contributed by atoms with E-state index in [0.29, 0.717) is 11.7 Å². The minimum atomic E-state index is -0.989. The first kappa shape index (κ1) is 15.4. The number of hydrogen-bond acceptors (Lipinski definition) is 3. The van der Waals surface area contributed by atoms with Gasteiger partial charge in [0, 0.05) is 6.04 Å². The number of carbonyl (C=O) groups excluding carboxylic acids is 1. The average molecular weight is 291 g/mol. The summed E-state index contributed by atoms with van der Waals surface area (Å²) in [6, 6.07) is 7.69. The fraction of sp³-hybridized carbons (Fsp3) is 0.500. The van der Waals surface area contributed by atoms with Crippen molar-refractivity contribution in [2.45, 2.75) is 38.6 Å². The van der Waals surface area contributed by atoms with Crippen molar-refractivity contribution in [1.82, 2.24) is 4.90 Å². The van der Waals surface area contributed by atoms with E-state index < -0.39 is 5.97 Å². The van der Waals surface area contributed by atoms with Crippen LogP contribution in [0.15, 0.2) is 24.3 Å². The second kappa shape index (κ2) is 6.61. The van der Waals surface area contributed by atoms with Crippen LogP contribution in [-0.2, 0) is 9.59 Å². The third-order valence-corrected chi connectivity index (χ3v) is 3.50. The Morgan fingerprint density at radius 1 is 1.38 bits per heavy atom. The number of aliphatic carboxylic acids is 1. The number of ether oxygens (including phenoxy) is 1. The van der Waals surface area contributed by atoms with E-state index in [2.05, 4.69) is 13.8 Å². The highest BCUT2D eigenvalue weighted by atomic mass is 16.5. The van der Waals surface area contributed by atoms with Gasteiger partial charge in [-0.1, -0.05) is 26.0 Å². The van der Waals surface area contributed by atoms with Gasteiger partial charge in [-0.3, -0.25) is 9.59 Å². The van der Waals surface area contributed by atoms with Crippen molar-refractivity contribution >= 4 is 11.9 Å². The topological polar surface area (TPSA) is 66.8 Å². The lowest BCUT2D eigenvalue weighted by molar-refractivity contribution is -0.145. The van der Waals surface area contributed by atoms with E-state index >= 15 is 0 Å². The minimum Gasteiger partial charge on any atom is -0.484 e. The molecule has 5 heteroatoms. The Hall–Kier alpha value is -2.04. The van der Waals surface area contributed by atoms with Gasteiger partial charge in [-0.15, -0.1) is 0 Å². The third kappa shape index (κ3) is 4.48. The molecule has 0 aromatic heterocycles. The number of benzene rings is 1. The number of carbonyl (C=O) groups is 2. The number of carboxylic acid groups (broad SMARTS) is 1. The zero-order valence-electron chi connectivity index (χ0n) is 12.4. The summed E-state index contributed by atoms with van der Waals surface area (Å²) in [7, 11) is 0. The average Bonchev–Trinajstić information content (AvgIpc) is 3.26. The SMILES string of the molecule is CC(C)c1cccc(OCC(=O)N(CC(=O)O)C2CC2)c1. The molecule has 1 aliphatic carbocycles. The molecule has 1 aliphatic rings. The van der Waals surface area contributed by atoms with E-state index in [1.807, 2.05) is 18.2 Å². The lowest BCUT2D eigenvalue weighted by atomic mass is 10.0. The highest BCUT2D eigenvalue weighted by molar-refractivity contribution is 5.83. The van der Waals surface area contributed by atoms with Gasteiger partial charge in [0.1, 0.15) is 12.3 Å². The Bertz CT molecular complexity index is 523. The molecule has 0 bridgehead atoms. The summed E-state index contributed by atoms with van der Waals surface area (Å²) in [5.41, 5.74) is 1.14. The fourth-order valence-corrected chi connectivity index (χ4v) is 2.14. The van der Waals surface area contributed by atoms with Crippen molar-refractivity contribution in [1.29, 1.82) is 0 Å². The number of nitrogens with zero attached hydrogens (tertiary/aromatic N) is 1. The monoisotopic (exact) mass is 291 g/mol. The number of hydrogen-bond donors (Lipinski definition) is 1. The zero-order chi connectivity index (χ0) is 15.4. The Labute approximate surface area is 124 Å². The van der Waals surface area contributed by atoms with Gasteiger partial charge in [-0.05, 0) is 36.5 Å². The molecule has 5 nitrogen and oxygen atoms in total. The van der Waals surface area contributed by atoms with Crippen molar-refractivity contribution in [3.8, 4) is 5.75 Å². The first-order valence-electron chi connectivity index (χ1n) is 7.21. The van der Waals surface area contributed by atoms with E-state index in [1.165, 1.54) is 4.90 Å². The Morgan fingerprint density at radius 3 is 2.67 bits per heavy atom. The molecule has 0 saturated heterocycles. The molecular weight excluding hydrogens is 270 g/mol. The van der Waals surface area contributed by atoms with Gasteiger partial charge < -0.3 is 14.7 Å². The minimum absolute atomic E-state index is 0.0687. The maximum atomic E-state index is 12.1. The van der Waals surface area contributed by atoms with E-state index in [1.54, 1.807) is 6.07 Å². The van der Waals surface area contributed by atoms with Crippen LogP contribution in [0.3, 0.4) is 0 Å². The summed E-state index contributed by atoms with van der Waals surface area (Å²) in [6.07, 6.45) is 1.75. The van der Waals surface area contributed by atoms with Gasteiger partial charge in [0.25, 0.3) is 5.91 Å². The molecule has 21 heavy (non-hydrogen) atoms. The summed E-state index contributed by atoms with van der Waals surface area (Å²) in [4.78, 5) is 24.3. The number of rotatable bonds is 7. The van der Waals surface area contributed by atoms with E-state index in [0.717, 1.165) is 18.4 Å². The van der Waals surface area contributed by atoms with Gasteiger partial charge in [0.05, 0.1) is 0 Å². The molecule has 0 atom stereocenters. The first-order valence-corrected chi connectivity index (χ1v) is 7.21. The molecular formula is C16H21NO4. The van der Waals surface area contributed by atoms with Gasteiger partial charge in [-0.25, -0.2) is 0 Å². The predicted octanol–water partition coefficient (Wildman–Crippen LogP) is 2.26. The van der Waals surface area contributed by atoms with Gasteiger partial charge in [0.15, 0.2) is 6.61 Å². The van der Waals surface area contributed by atoms with Crippen molar-refractivity contribution in [2.24, 2.45) is 0 Å². The molecule has 0 aliphatic heterocycles. The molecule has 114 valence electrons. The summed E-state index contributed by atoms with van der Waals surface area (Å²) in [6.45, 7) is 3.81. The lowest BCUT2D eigenvalue weighted by Gasteiger charge is -2.20. The van der Waals surface area contributed by atoms with Crippen LogP contribution in [0, 0.1) is 0 Å². The van der Waals surface area contributed by atoms with Crippen molar-refractivity contribution in [3.05, 3.63) is 29.8 Å². The Kier molecular flexibility index (Phi) is 4.83. The van der Waals surface area contributed by atoms with E-state index in [4.69, 9.17) is 9.84 Å². The molecule has 0 radical (unpaired) electrons. The molecule has 1 saturated carbocycles. The second-order valence-corrected chi connectivity index (χ2v) is 5.66. The maximum Gasteiger partial charge on any atom is 0.323 e. The van der Waals surface area contributed by atoms with Crippen molar-refractivity contribution in [3.63, 3.8) is 0 Å². The lowest BCUT2D eigenvalue weighted by Crippen LogP contribution is -2.40. The molecule has 0 unspecified atom stereocenters. The Balaban J connectivity index is 1.93. The van der Waals surface area contributed by atoms with Gasteiger partial charge in [-0.2, -0.15) is 0 Å². The second-order valence-electron chi connectivity index (χ2n) is 5.66. The molecule has 0 spiro atoms. The fourth-order valence-electron chi connectivity index (χ4n) is 2.14. The zero-order valence-corrected chi connectivity index (χ0v) is 12.4. The Morgan fingerprint density at radius 2 is 2.10 bits per heavy atom. The van der Waals surface area contributed by atoms with Crippen LogP contribution in [-0.4, -0.2) is 41.1 Å². The number of carboxylic acids is 1. The normalized spacial score (nSPS) is 14.0. The molecule has 1 amide bonds. The van der Waals surface area contributed by atoms with Crippen LogP contribution >= 0.6 is 0 Å². The molecule has 1 aromatic carbocycles. The molecule has 1 aromatic rings. The van der Waals surface area contributed by atoms with Crippen LogP contribution in [0.1, 0.15) is 38.2 Å². The van der Waals surface area contributed by atoms with Gasteiger partial charge in [0.2, 0.25) is 0 Å². The van der Waals surface area contributed by atoms with Crippen LogP contribution < -0.4 is 4.74 Å². The van der Waals surface area contributed by atoms with E-state index in [-0.39, 0.29) is 25.1 Å². The summed E-state index contributed by atoms with van der Waals surface area (Å²) in [5.74, 6) is -0.230. The maximum absolute atomic E-state index is 12.1. The molecule has 1 N–H and O–H groups in total. The van der Waals surface area contributed by atoms with Crippen LogP contribution in [0.5, 0.6) is 5.75 Å². The largest absolute Gasteiger partial charge is 0.484 e. The highest BCUT2D eigenvalue weighted by Gasteiger charge is 2.33. The molecule has 1 fully saturated rings. The third-order valence-electron chi connectivity index (χ3n) is 3.50.